The van der Waals surface area contributed by atoms with Gasteiger partial charge in [-0.05, 0) is 18.6 Å². The van der Waals surface area contributed by atoms with Crippen LogP contribution in [0.1, 0.15) is 19.8 Å². The van der Waals surface area contributed by atoms with Crippen molar-refractivity contribution in [3.05, 3.63) is 40.6 Å². The maximum Gasteiger partial charge on any atom is 0.269 e. The van der Waals surface area contributed by atoms with Gasteiger partial charge in [0, 0.05) is 24.2 Å². The molecule has 0 unspecified atom stereocenters. The first kappa shape index (κ1) is 13.1. The van der Waals surface area contributed by atoms with E-state index in [2.05, 4.69) is 22.2 Å². The Morgan fingerprint density at radius 2 is 2.11 bits per heavy atom. The number of anilines is 1. The van der Waals surface area contributed by atoms with Gasteiger partial charge in [0.05, 0.1) is 16.8 Å². The van der Waals surface area contributed by atoms with Gasteiger partial charge in [-0.15, -0.1) is 0 Å². The van der Waals surface area contributed by atoms with Crippen LogP contribution >= 0.6 is 0 Å². The summed E-state index contributed by atoms with van der Waals surface area (Å²) in [5.74, 6) is 0.724. The average Bonchev–Trinajstić information content (AvgIpc) is 2.88. The summed E-state index contributed by atoms with van der Waals surface area (Å²) >= 11 is 0. The van der Waals surface area contributed by atoms with Crippen molar-refractivity contribution >= 4 is 11.6 Å². The standard InChI is InChI=1S/C13H16N4O2/c1-2-3-8-14-13-15-9-12(16-13)10-4-6-11(7-5-10)17(18)19/h4-7,9H,2-3,8H2,1H3,(H2,14,15,16). The molecular weight excluding hydrogens is 244 g/mol. The Balaban J connectivity index is 2.07. The van der Waals surface area contributed by atoms with E-state index >= 15 is 0 Å². The number of aromatic nitrogens is 2. The summed E-state index contributed by atoms with van der Waals surface area (Å²) in [5.41, 5.74) is 1.81. The zero-order valence-corrected chi connectivity index (χ0v) is 10.7. The van der Waals surface area contributed by atoms with Crippen molar-refractivity contribution in [2.75, 3.05) is 11.9 Å². The highest BCUT2D eigenvalue weighted by atomic mass is 16.6. The van der Waals surface area contributed by atoms with Gasteiger partial charge in [0.1, 0.15) is 0 Å². The van der Waals surface area contributed by atoms with Crippen LogP contribution in [-0.2, 0) is 0 Å². The topological polar surface area (TPSA) is 83.8 Å². The maximum atomic E-state index is 10.6. The number of H-pyrrole nitrogens is 1. The third-order valence-corrected chi connectivity index (χ3v) is 2.79. The van der Waals surface area contributed by atoms with Crippen LogP contribution < -0.4 is 5.32 Å². The summed E-state index contributed by atoms with van der Waals surface area (Å²) in [7, 11) is 0. The van der Waals surface area contributed by atoms with Crippen LogP contribution in [0.4, 0.5) is 11.6 Å². The number of non-ortho nitro benzene ring substituents is 1. The molecule has 0 aliphatic carbocycles. The monoisotopic (exact) mass is 260 g/mol. The number of aromatic amines is 1. The van der Waals surface area contributed by atoms with Crippen LogP contribution in [0.5, 0.6) is 0 Å². The van der Waals surface area contributed by atoms with E-state index in [1.165, 1.54) is 12.1 Å². The minimum Gasteiger partial charge on any atom is -0.356 e. The van der Waals surface area contributed by atoms with Gasteiger partial charge in [-0.1, -0.05) is 13.3 Å². The number of nitro benzene ring substituents is 1. The highest BCUT2D eigenvalue weighted by Gasteiger charge is 2.07. The number of nitro groups is 1. The molecule has 1 heterocycles. The number of benzene rings is 1. The highest BCUT2D eigenvalue weighted by Crippen LogP contribution is 2.21. The molecule has 6 nitrogen and oxygen atoms in total. The molecule has 0 fully saturated rings. The molecule has 0 radical (unpaired) electrons. The smallest absolute Gasteiger partial charge is 0.269 e. The van der Waals surface area contributed by atoms with Crippen LogP contribution in [0, 0.1) is 10.1 Å². The Bertz CT molecular complexity index is 548. The van der Waals surface area contributed by atoms with Gasteiger partial charge in [-0.2, -0.15) is 0 Å². The highest BCUT2D eigenvalue weighted by molar-refractivity contribution is 5.61. The van der Waals surface area contributed by atoms with Gasteiger partial charge in [0.25, 0.3) is 5.69 Å². The number of imidazole rings is 1. The molecule has 2 aromatic rings. The van der Waals surface area contributed by atoms with Crippen molar-refractivity contribution in [3.63, 3.8) is 0 Å². The molecule has 0 spiro atoms. The lowest BCUT2D eigenvalue weighted by atomic mass is 10.1. The largest absolute Gasteiger partial charge is 0.356 e. The van der Waals surface area contributed by atoms with Crippen LogP contribution in [0.25, 0.3) is 11.3 Å². The molecule has 1 aromatic carbocycles. The average molecular weight is 260 g/mol. The second-order valence-electron chi connectivity index (χ2n) is 4.23. The number of unbranched alkanes of at least 4 members (excludes halogenated alkanes) is 1. The van der Waals surface area contributed by atoms with E-state index < -0.39 is 4.92 Å². The fraction of sp³-hybridized carbons (Fsp3) is 0.308. The lowest BCUT2D eigenvalue weighted by Crippen LogP contribution is -2.01. The summed E-state index contributed by atoms with van der Waals surface area (Å²) < 4.78 is 0. The Morgan fingerprint density at radius 1 is 1.37 bits per heavy atom. The van der Waals surface area contributed by atoms with Gasteiger partial charge in [-0.25, -0.2) is 4.98 Å². The fourth-order valence-electron chi connectivity index (χ4n) is 1.70. The zero-order chi connectivity index (χ0) is 13.7. The Morgan fingerprint density at radius 3 is 2.74 bits per heavy atom. The predicted octanol–water partition coefficient (Wildman–Crippen LogP) is 3.20. The maximum absolute atomic E-state index is 10.6. The van der Waals surface area contributed by atoms with Crippen LogP contribution in [-0.4, -0.2) is 21.4 Å². The number of hydrogen-bond donors (Lipinski definition) is 2. The zero-order valence-electron chi connectivity index (χ0n) is 10.7. The molecular formula is C13H16N4O2. The lowest BCUT2D eigenvalue weighted by Gasteiger charge is -2.00. The third kappa shape index (κ3) is 3.31. The van der Waals surface area contributed by atoms with Gasteiger partial charge < -0.3 is 10.3 Å². The van der Waals surface area contributed by atoms with E-state index in [9.17, 15) is 10.1 Å². The van der Waals surface area contributed by atoms with Crippen molar-refractivity contribution in [2.24, 2.45) is 0 Å². The SMILES string of the molecule is CCCCNc1ncc(-c2ccc([N+](=O)[O-])cc2)[nH]1. The minimum absolute atomic E-state index is 0.0876. The third-order valence-electron chi connectivity index (χ3n) is 2.79. The molecule has 0 aliphatic heterocycles. The summed E-state index contributed by atoms with van der Waals surface area (Å²) in [6, 6.07) is 6.39. The predicted molar refractivity (Wildman–Crippen MR) is 74.1 cm³/mol. The molecule has 0 saturated carbocycles. The number of hydrogen-bond acceptors (Lipinski definition) is 4. The molecule has 2 rings (SSSR count). The second kappa shape index (κ2) is 5.99. The summed E-state index contributed by atoms with van der Waals surface area (Å²) in [5, 5.41) is 13.8. The fourth-order valence-corrected chi connectivity index (χ4v) is 1.70. The molecule has 0 atom stereocenters. The minimum atomic E-state index is -0.408. The second-order valence-corrected chi connectivity index (χ2v) is 4.23. The molecule has 2 N–H and O–H groups in total. The van der Waals surface area contributed by atoms with Gasteiger partial charge in [0.15, 0.2) is 0 Å². The quantitative estimate of drug-likeness (QED) is 0.474. The lowest BCUT2D eigenvalue weighted by molar-refractivity contribution is -0.384. The first-order valence-electron chi connectivity index (χ1n) is 6.24. The summed E-state index contributed by atoms with van der Waals surface area (Å²) in [6.45, 7) is 3.01. The summed E-state index contributed by atoms with van der Waals surface area (Å²) in [6.07, 6.45) is 3.94. The van der Waals surface area contributed by atoms with E-state index in [4.69, 9.17) is 0 Å². The molecule has 100 valence electrons. The molecule has 0 aliphatic rings. The molecule has 0 bridgehead atoms. The van der Waals surface area contributed by atoms with E-state index in [1.807, 2.05) is 0 Å². The first-order chi connectivity index (χ1) is 9.20. The first-order valence-corrected chi connectivity index (χ1v) is 6.24. The molecule has 0 amide bonds. The molecule has 0 saturated heterocycles. The number of nitrogens with zero attached hydrogens (tertiary/aromatic N) is 2. The van der Waals surface area contributed by atoms with Gasteiger partial charge in [-0.3, -0.25) is 10.1 Å². The van der Waals surface area contributed by atoms with E-state index in [0.29, 0.717) is 0 Å². The van der Waals surface area contributed by atoms with Crippen molar-refractivity contribution in [3.8, 4) is 11.3 Å². The van der Waals surface area contributed by atoms with E-state index in [0.717, 1.165) is 36.6 Å². The van der Waals surface area contributed by atoms with Crippen LogP contribution in [0.15, 0.2) is 30.5 Å². The van der Waals surface area contributed by atoms with E-state index in [-0.39, 0.29) is 5.69 Å². The van der Waals surface area contributed by atoms with Gasteiger partial charge >= 0.3 is 0 Å². The molecule has 19 heavy (non-hydrogen) atoms. The van der Waals surface area contributed by atoms with Crippen molar-refractivity contribution in [1.29, 1.82) is 0 Å². The van der Waals surface area contributed by atoms with Crippen LogP contribution in [0.2, 0.25) is 0 Å². The Kier molecular flexibility index (Phi) is 4.12. The number of nitrogens with one attached hydrogen (secondary N) is 2. The number of rotatable bonds is 6. The van der Waals surface area contributed by atoms with Crippen molar-refractivity contribution in [2.45, 2.75) is 19.8 Å². The van der Waals surface area contributed by atoms with Crippen molar-refractivity contribution in [1.82, 2.24) is 9.97 Å². The van der Waals surface area contributed by atoms with E-state index in [1.54, 1.807) is 18.3 Å². The Hall–Kier alpha value is -2.37. The van der Waals surface area contributed by atoms with Crippen molar-refractivity contribution < 1.29 is 4.92 Å². The van der Waals surface area contributed by atoms with Gasteiger partial charge in [0.2, 0.25) is 5.95 Å². The summed E-state index contributed by atoms with van der Waals surface area (Å²) in [4.78, 5) is 17.5. The Labute approximate surface area is 111 Å². The molecule has 1 aromatic heterocycles. The normalized spacial score (nSPS) is 10.4. The van der Waals surface area contributed by atoms with Crippen LogP contribution in [0.3, 0.4) is 0 Å². The molecule has 6 heteroatoms.